The number of rotatable bonds is 5. The SMILES string of the molecule is Nc1cc[n+](Cc2cccc(-c3cccc(C[n+]4ccc(N)c5ccccc54)c3)c2)c2ccccc12.[Br-].[Br-]. The molecule has 4 nitrogen and oxygen atoms in total. The van der Waals surface area contributed by atoms with Crippen LogP contribution >= 0.6 is 0 Å². The van der Waals surface area contributed by atoms with E-state index < -0.39 is 0 Å². The van der Waals surface area contributed by atoms with Gasteiger partial charge in [-0.3, -0.25) is 0 Å². The zero-order valence-electron chi connectivity index (χ0n) is 20.8. The van der Waals surface area contributed by atoms with Crippen LogP contribution in [0.25, 0.3) is 32.9 Å². The summed E-state index contributed by atoms with van der Waals surface area (Å²) in [6.45, 7) is 1.56. The second-order valence-corrected chi connectivity index (χ2v) is 9.23. The molecule has 2 aromatic heterocycles. The minimum absolute atomic E-state index is 0. The molecule has 6 rings (SSSR count). The number of fused-ring (bicyclic) bond motifs is 2. The smallest absolute Gasteiger partial charge is 0.214 e. The molecule has 4 aromatic carbocycles. The number of anilines is 2. The van der Waals surface area contributed by atoms with Crippen molar-refractivity contribution < 1.29 is 43.1 Å². The molecule has 6 heteroatoms. The van der Waals surface area contributed by atoms with E-state index in [-0.39, 0.29) is 34.0 Å². The standard InChI is InChI=1S/C32H26N4.2BrH/c33-29-15-17-35(31-13-3-1-11-27(29)31)21-23-7-5-9-25(19-23)26-10-6-8-24(20-26)22-36-18-16-30(34)28-12-2-4-14-32(28)36;;/h1-20,33-34H,21-22H2;2*1H. The summed E-state index contributed by atoms with van der Waals surface area (Å²) in [6, 6.07) is 38.1. The predicted octanol–water partition coefficient (Wildman–Crippen LogP) is -0.496. The summed E-state index contributed by atoms with van der Waals surface area (Å²) in [7, 11) is 0. The lowest BCUT2D eigenvalue weighted by molar-refractivity contribution is -0.662. The van der Waals surface area contributed by atoms with Crippen LogP contribution in [-0.4, -0.2) is 0 Å². The minimum atomic E-state index is 0. The Labute approximate surface area is 243 Å². The molecule has 190 valence electrons. The second kappa shape index (κ2) is 11.8. The molecule has 0 saturated carbocycles. The third-order valence-corrected chi connectivity index (χ3v) is 6.81. The number of hydrogen-bond donors (Lipinski definition) is 2. The third-order valence-electron chi connectivity index (χ3n) is 6.81. The van der Waals surface area contributed by atoms with Gasteiger partial charge in [-0.2, -0.15) is 9.13 Å². The van der Waals surface area contributed by atoms with Crippen LogP contribution in [0.5, 0.6) is 0 Å². The van der Waals surface area contributed by atoms with Gasteiger partial charge in [0.15, 0.2) is 25.5 Å². The first-order valence-corrected chi connectivity index (χ1v) is 12.2. The van der Waals surface area contributed by atoms with Crippen LogP contribution in [0.3, 0.4) is 0 Å². The Hall–Kier alpha value is -3.74. The largest absolute Gasteiger partial charge is 1.00 e. The van der Waals surface area contributed by atoms with Crippen LogP contribution in [0, 0.1) is 0 Å². The summed E-state index contributed by atoms with van der Waals surface area (Å²) in [5.74, 6) is 0. The van der Waals surface area contributed by atoms with Crippen molar-refractivity contribution in [3.8, 4) is 11.1 Å². The molecule has 0 unspecified atom stereocenters. The van der Waals surface area contributed by atoms with Crippen molar-refractivity contribution in [1.29, 1.82) is 0 Å². The molecule has 0 bridgehead atoms. The van der Waals surface area contributed by atoms with E-state index in [2.05, 4.69) is 106 Å². The van der Waals surface area contributed by atoms with E-state index in [1.165, 1.54) is 22.3 Å². The molecule has 0 amide bonds. The summed E-state index contributed by atoms with van der Waals surface area (Å²) >= 11 is 0. The average Bonchev–Trinajstić information content (AvgIpc) is 2.93. The van der Waals surface area contributed by atoms with Crippen molar-refractivity contribution >= 4 is 33.2 Å². The summed E-state index contributed by atoms with van der Waals surface area (Å²) in [4.78, 5) is 0. The van der Waals surface area contributed by atoms with Crippen LogP contribution in [-0.2, 0) is 13.1 Å². The number of aromatic nitrogens is 2. The number of nitrogens with two attached hydrogens (primary N) is 2. The molecule has 2 heterocycles. The maximum Gasteiger partial charge on any atom is 0.214 e. The number of halogens is 2. The Morgan fingerprint density at radius 1 is 0.474 bits per heavy atom. The van der Waals surface area contributed by atoms with Crippen molar-refractivity contribution in [1.82, 2.24) is 0 Å². The highest BCUT2D eigenvalue weighted by atomic mass is 79.9. The first kappa shape index (κ1) is 27.3. The van der Waals surface area contributed by atoms with Gasteiger partial charge in [-0.15, -0.1) is 0 Å². The topological polar surface area (TPSA) is 59.8 Å². The van der Waals surface area contributed by atoms with Gasteiger partial charge < -0.3 is 45.4 Å². The summed E-state index contributed by atoms with van der Waals surface area (Å²) in [5.41, 5.74) is 21.2. The molecule has 6 aromatic rings. The van der Waals surface area contributed by atoms with Gasteiger partial charge in [-0.05, 0) is 35.4 Å². The van der Waals surface area contributed by atoms with Gasteiger partial charge in [-0.1, -0.05) is 60.7 Å². The van der Waals surface area contributed by atoms with E-state index in [1.807, 2.05) is 24.3 Å². The maximum atomic E-state index is 6.20. The van der Waals surface area contributed by atoms with Crippen LogP contribution in [0.2, 0.25) is 0 Å². The third kappa shape index (κ3) is 5.42. The molecule has 0 fully saturated rings. The highest BCUT2D eigenvalue weighted by Gasteiger charge is 2.14. The zero-order valence-corrected chi connectivity index (χ0v) is 23.9. The van der Waals surface area contributed by atoms with Gasteiger partial charge >= 0.3 is 0 Å². The maximum absolute atomic E-state index is 6.20. The van der Waals surface area contributed by atoms with E-state index >= 15 is 0 Å². The van der Waals surface area contributed by atoms with Gasteiger partial charge in [-0.25, -0.2) is 0 Å². The molecule has 0 aliphatic carbocycles. The Kier molecular flexibility index (Phi) is 8.45. The molecule has 0 aliphatic rings. The summed E-state index contributed by atoms with van der Waals surface area (Å²) in [6.07, 6.45) is 4.14. The first-order valence-electron chi connectivity index (χ1n) is 12.2. The Morgan fingerprint density at radius 3 is 1.34 bits per heavy atom. The normalized spacial score (nSPS) is 10.6. The van der Waals surface area contributed by atoms with E-state index in [0.29, 0.717) is 0 Å². The highest BCUT2D eigenvalue weighted by Crippen LogP contribution is 2.23. The lowest BCUT2D eigenvalue weighted by atomic mass is 10.0. The summed E-state index contributed by atoms with van der Waals surface area (Å²) in [5, 5.41) is 2.16. The molecule has 0 radical (unpaired) electrons. The van der Waals surface area contributed by atoms with Gasteiger partial charge in [0, 0.05) is 35.4 Å². The molecule has 38 heavy (non-hydrogen) atoms. The lowest BCUT2D eigenvalue weighted by Gasteiger charge is -2.08. The molecule has 0 saturated heterocycles. The van der Waals surface area contributed by atoms with Crippen molar-refractivity contribution in [2.45, 2.75) is 13.1 Å². The van der Waals surface area contributed by atoms with Crippen molar-refractivity contribution in [3.05, 3.63) is 133 Å². The molecule has 0 atom stereocenters. The van der Waals surface area contributed by atoms with Crippen LogP contribution < -0.4 is 54.6 Å². The number of hydrogen-bond acceptors (Lipinski definition) is 2. The Balaban J connectivity index is 0.00000168. The molecule has 0 aliphatic heterocycles. The first-order chi connectivity index (χ1) is 17.7. The molecule has 4 N–H and O–H groups in total. The Morgan fingerprint density at radius 2 is 0.895 bits per heavy atom. The van der Waals surface area contributed by atoms with Crippen LogP contribution in [0.4, 0.5) is 11.4 Å². The van der Waals surface area contributed by atoms with Crippen LogP contribution in [0.15, 0.2) is 122 Å². The second-order valence-electron chi connectivity index (χ2n) is 9.23. The number of nitrogens with zero attached hydrogens (tertiary/aromatic N) is 2. The molecular formula is C32H28Br2N4. The highest BCUT2D eigenvalue weighted by molar-refractivity contribution is 5.88. The van der Waals surface area contributed by atoms with E-state index in [4.69, 9.17) is 11.5 Å². The van der Waals surface area contributed by atoms with Gasteiger partial charge in [0.05, 0.1) is 22.1 Å². The number of benzene rings is 4. The van der Waals surface area contributed by atoms with E-state index in [0.717, 1.165) is 46.3 Å². The van der Waals surface area contributed by atoms with Gasteiger partial charge in [0.1, 0.15) is 0 Å². The fourth-order valence-corrected chi connectivity index (χ4v) is 4.98. The quantitative estimate of drug-likeness (QED) is 0.254. The predicted molar refractivity (Wildman–Crippen MR) is 147 cm³/mol. The lowest BCUT2D eigenvalue weighted by Crippen LogP contribution is -3.00. The zero-order chi connectivity index (χ0) is 24.5. The number of nitrogen functional groups attached to an aromatic ring is 2. The van der Waals surface area contributed by atoms with Gasteiger partial charge in [0.25, 0.3) is 0 Å². The molecular weight excluding hydrogens is 600 g/mol. The fraction of sp³-hybridized carbons (Fsp3) is 0.0625. The van der Waals surface area contributed by atoms with Crippen LogP contribution in [0.1, 0.15) is 11.1 Å². The van der Waals surface area contributed by atoms with E-state index in [9.17, 15) is 0 Å². The minimum Gasteiger partial charge on any atom is -1.00 e. The van der Waals surface area contributed by atoms with E-state index in [1.54, 1.807) is 0 Å². The monoisotopic (exact) mass is 626 g/mol. The average molecular weight is 628 g/mol. The van der Waals surface area contributed by atoms with Crippen molar-refractivity contribution in [2.75, 3.05) is 11.5 Å². The summed E-state index contributed by atoms with van der Waals surface area (Å²) < 4.78 is 4.51. The van der Waals surface area contributed by atoms with Gasteiger partial charge in [0.2, 0.25) is 11.0 Å². The van der Waals surface area contributed by atoms with Crippen molar-refractivity contribution in [2.24, 2.45) is 0 Å². The number of pyridine rings is 2. The fourth-order valence-electron chi connectivity index (χ4n) is 4.98. The molecule has 0 spiro atoms. The number of para-hydroxylation sites is 2. The Bertz CT molecular complexity index is 1600. The van der Waals surface area contributed by atoms with Crippen molar-refractivity contribution in [3.63, 3.8) is 0 Å².